The van der Waals surface area contributed by atoms with Crippen LogP contribution < -0.4 is 0 Å². The van der Waals surface area contributed by atoms with Gasteiger partial charge in [0.2, 0.25) is 0 Å². The molecule has 1 aliphatic heterocycles. The minimum Gasteiger partial charge on any atom is -0.335 e. The van der Waals surface area contributed by atoms with Crippen molar-refractivity contribution >= 4 is 39.2 Å². The number of benzene rings is 1. The van der Waals surface area contributed by atoms with Crippen LogP contribution in [0.3, 0.4) is 0 Å². The predicted octanol–water partition coefficient (Wildman–Crippen LogP) is 2.87. The zero-order valence-corrected chi connectivity index (χ0v) is 11.8. The Kier molecular flexibility index (Phi) is 3.26. The number of carbonyl (C=O) groups is 1. The van der Waals surface area contributed by atoms with E-state index in [1.54, 1.807) is 0 Å². The fourth-order valence-corrected chi connectivity index (χ4v) is 3.81. The van der Waals surface area contributed by atoms with E-state index in [0.29, 0.717) is 10.3 Å². The van der Waals surface area contributed by atoms with Crippen LogP contribution in [0.1, 0.15) is 16.2 Å². The number of likely N-dealkylation sites (tertiary alicyclic amines) is 1. The lowest BCUT2D eigenvalue weighted by molar-refractivity contribution is 0.0793. The van der Waals surface area contributed by atoms with Gasteiger partial charge in [0.05, 0.1) is 10.2 Å². The molecule has 0 saturated carbocycles. The number of hydrogen-bond donors (Lipinski definition) is 0. The summed E-state index contributed by atoms with van der Waals surface area (Å²) < 4.78 is 1.08. The summed E-state index contributed by atoms with van der Waals surface area (Å²) in [4.78, 5) is 18.7. The van der Waals surface area contributed by atoms with Crippen molar-refractivity contribution in [3.63, 3.8) is 0 Å². The summed E-state index contributed by atoms with van der Waals surface area (Å²) in [6.07, 6.45) is 3.20. The Hall–Kier alpha value is -1.07. The Morgan fingerprint density at radius 2 is 2.33 bits per heavy atom. The third kappa shape index (κ3) is 2.12. The van der Waals surface area contributed by atoms with Gasteiger partial charge in [-0.2, -0.15) is 11.8 Å². The number of nitrogens with zero attached hydrogens (tertiary/aromatic N) is 2. The summed E-state index contributed by atoms with van der Waals surface area (Å²) in [5.41, 5.74) is 0.923. The van der Waals surface area contributed by atoms with E-state index in [-0.39, 0.29) is 5.91 Å². The number of amides is 1. The van der Waals surface area contributed by atoms with Crippen molar-refractivity contribution < 1.29 is 4.79 Å². The predicted molar refractivity (Wildman–Crippen MR) is 77.4 cm³/mol. The molecule has 2 aromatic rings. The Balaban J connectivity index is 1.84. The summed E-state index contributed by atoms with van der Waals surface area (Å²) in [5, 5.41) is 1.21. The van der Waals surface area contributed by atoms with Crippen LogP contribution in [-0.4, -0.2) is 40.4 Å². The maximum absolute atomic E-state index is 12.3. The SMILES string of the molecule is CS[C@H]1CCN(C(=O)c2nc3ccccc3s2)C1. The highest BCUT2D eigenvalue weighted by molar-refractivity contribution is 7.99. The van der Waals surface area contributed by atoms with E-state index in [9.17, 15) is 4.79 Å². The topological polar surface area (TPSA) is 33.2 Å². The number of carbonyl (C=O) groups excluding carboxylic acids is 1. The molecule has 1 aromatic carbocycles. The first-order valence-corrected chi connectivity index (χ1v) is 8.06. The first kappa shape index (κ1) is 12.0. The molecule has 0 N–H and O–H groups in total. The highest BCUT2D eigenvalue weighted by Gasteiger charge is 2.27. The number of para-hydroxylation sites is 1. The lowest BCUT2D eigenvalue weighted by Gasteiger charge is -2.13. The molecule has 1 saturated heterocycles. The second-order valence-electron chi connectivity index (χ2n) is 4.38. The van der Waals surface area contributed by atoms with Crippen LogP contribution in [0.15, 0.2) is 24.3 Å². The number of thioether (sulfide) groups is 1. The van der Waals surface area contributed by atoms with Crippen molar-refractivity contribution in [2.45, 2.75) is 11.7 Å². The normalized spacial score (nSPS) is 19.6. The molecule has 1 amide bonds. The fraction of sp³-hybridized carbons (Fsp3) is 0.385. The molecule has 1 aliphatic rings. The van der Waals surface area contributed by atoms with Gasteiger partial charge in [0.1, 0.15) is 0 Å². The summed E-state index contributed by atoms with van der Waals surface area (Å²) in [6.45, 7) is 1.72. The van der Waals surface area contributed by atoms with Gasteiger partial charge in [0.25, 0.3) is 5.91 Å². The minimum absolute atomic E-state index is 0.0905. The summed E-state index contributed by atoms with van der Waals surface area (Å²) in [5.74, 6) is 0.0905. The highest BCUT2D eigenvalue weighted by atomic mass is 32.2. The van der Waals surface area contributed by atoms with Crippen molar-refractivity contribution in [3.05, 3.63) is 29.3 Å². The van der Waals surface area contributed by atoms with Gasteiger partial charge >= 0.3 is 0 Å². The molecule has 1 atom stereocenters. The van der Waals surface area contributed by atoms with Crippen LogP contribution in [0.5, 0.6) is 0 Å². The van der Waals surface area contributed by atoms with E-state index in [4.69, 9.17) is 0 Å². The smallest absolute Gasteiger partial charge is 0.282 e. The van der Waals surface area contributed by atoms with Gasteiger partial charge in [-0.15, -0.1) is 11.3 Å². The average molecular weight is 278 g/mol. The monoisotopic (exact) mass is 278 g/mol. The molecule has 0 unspecified atom stereocenters. The van der Waals surface area contributed by atoms with Gasteiger partial charge in [0, 0.05) is 18.3 Å². The minimum atomic E-state index is 0.0905. The standard InChI is InChI=1S/C13H14N2OS2/c1-17-9-6-7-15(8-9)13(16)12-14-10-4-2-3-5-11(10)18-12/h2-5,9H,6-8H2,1H3/t9-/m0/s1. The van der Waals surface area contributed by atoms with Crippen molar-refractivity contribution in [1.29, 1.82) is 0 Å². The summed E-state index contributed by atoms with van der Waals surface area (Å²) in [7, 11) is 0. The Morgan fingerprint density at radius 1 is 1.50 bits per heavy atom. The first-order valence-electron chi connectivity index (χ1n) is 5.95. The van der Waals surface area contributed by atoms with Crippen LogP contribution in [0.4, 0.5) is 0 Å². The largest absolute Gasteiger partial charge is 0.335 e. The average Bonchev–Trinajstić information content (AvgIpc) is 3.04. The molecule has 0 spiro atoms. The molecular formula is C13H14N2OS2. The molecule has 0 radical (unpaired) electrons. The molecule has 18 heavy (non-hydrogen) atoms. The van der Waals surface area contributed by atoms with E-state index < -0.39 is 0 Å². The van der Waals surface area contributed by atoms with E-state index in [2.05, 4.69) is 11.2 Å². The van der Waals surface area contributed by atoms with Crippen molar-refractivity contribution in [1.82, 2.24) is 9.88 Å². The van der Waals surface area contributed by atoms with E-state index in [0.717, 1.165) is 29.7 Å². The summed E-state index contributed by atoms with van der Waals surface area (Å²) in [6, 6.07) is 7.90. The molecule has 5 heteroatoms. The zero-order valence-electron chi connectivity index (χ0n) is 10.1. The van der Waals surface area contributed by atoms with Crippen molar-refractivity contribution in [3.8, 4) is 0 Å². The lowest BCUT2D eigenvalue weighted by Crippen LogP contribution is -2.28. The quantitative estimate of drug-likeness (QED) is 0.847. The maximum Gasteiger partial charge on any atom is 0.282 e. The highest BCUT2D eigenvalue weighted by Crippen LogP contribution is 2.26. The van der Waals surface area contributed by atoms with Gasteiger partial charge in [-0.3, -0.25) is 4.79 Å². The maximum atomic E-state index is 12.3. The third-order valence-electron chi connectivity index (χ3n) is 3.24. The fourth-order valence-electron chi connectivity index (χ4n) is 2.20. The van der Waals surface area contributed by atoms with Crippen LogP contribution in [0.2, 0.25) is 0 Å². The summed E-state index contributed by atoms with van der Waals surface area (Å²) >= 11 is 3.33. The molecule has 1 fully saturated rings. The van der Waals surface area contributed by atoms with Gasteiger partial charge in [0.15, 0.2) is 5.01 Å². The van der Waals surface area contributed by atoms with Crippen molar-refractivity contribution in [2.24, 2.45) is 0 Å². The van der Waals surface area contributed by atoms with Gasteiger partial charge in [-0.1, -0.05) is 12.1 Å². The molecule has 0 bridgehead atoms. The van der Waals surface area contributed by atoms with Crippen LogP contribution in [0, 0.1) is 0 Å². The Morgan fingerprint density at radius 3 is 3.06 bits per heavy atom. The molecule has 0 aliphatic carbocycles. The van der Waals surface area contributed by atoms with Crippen LogP contribution in [0.25, 0.3) is 10.2 Å². The Labute approximate surface area is 114 Å². The molecule has 94 valence electrons. The molecule has 1 aromatic heterocycles. The number of aromatic nitrogens is 1. The number of hydrogen-bond acceptors (Lipinski definition) is 4. The van der Waals surface area contributed by atoms with Gasteiger partial charge in [-0.05, 0) is 24.8 Å². The van der Waals surface area contributed by atoms with Gasteiger partial charge < -0.3 is 4.90 Å². The zero-order chi connectivity index (χ0) is 12.5. The molecule has 3 nitrogen and oxygen atoms in total. The number of fused-ring (bicyclic) bond motifs is 1. The van der Waals surface area contributed by atoms with Gasteiger partial charge in [-0.25, -0.2) is 4.98 Å². The second kappa shape index (κ2) is 4.90. The number of thiazole rings is 1. The van der Waals surface area contributed by atoms with E-state index >= 15 is 0 Å². The number of rotatable bonds is 2. The molecule has 3 rings (SSSR count). The first-order chi connectivity index (χ1) is 8.78. The van der Waals surface area contributed by atoms with Crippen molar-refractivity contribution in [2.75, 3.05) is 19.3 Å². The second-order valence-corrected chi connectivity index (χ2v) is 6.55. The van der Waals surface area contributed by atoms with Crippen LogP contribution in [-0.2, 0) is 0 Å². The van der Waals surface area contributed by atoms with E-state index in [1.165, 1.54) is 11.3 Å². The molecule has 2 heterocycles. The molecular weight excluding hydrogens is 264 g/mol. The third-order valence-corrected chi connectivity index (χ3v) is 5.32. The van der Waals surface area contributed by atoms with Crippen LogP contribution >= 0.6 is 23.1 Å². The Bertz CT molecular complexity index is 548. The van der Waals surface area contributed by atoms with E-state index in [1.807, 2.05) is 40.9 Å². The lowest BCUT2D eigenvalue weighted by atomic mass is 10.3.